The van der Waals surface area contributed by atoms with Crippen LogP contribution in [0.4, 0.5) is 5.82 Å². The van der Waals surface area contributed by atoms with E-state index in [1.807, 2.05) is 22.7 Å². The molecule has 0 amide bonds. The van der Waals surface area contributed by atoms with Crippen molar-refractivity contribution in [2.24, 2.45) is 0 Å². The van der Waals surface area contributed by atoms with E-state index >= 15 is 0 Å². The number of hydrogen-bond donors (Lipinski definition) is 0. The first kappa shape index (κ1) is 20.3. The molecule has 1 saturated heterocycles. The maximum Gasteiger partial charge on any atom is 0.200 e. The van der Waals surface area contributed by atoms with E-state index in [1.165, 1.54) is 5.56 Å². The lowest BCUT2D eigenvalue weighted by Gasteiger charge is -2.26. The van der Waals surface area contributed by atoms with Crippen LogP contribution in [0.25, 0.3) is 17.2 Å². The molecule has 0 bridgehead atoms. The first-order chi connectivity index (χ1) is 14.5. The lowest BCUT2D eigenvalue weighted by molar-refractivity contribution is 0.315. The zero-order valence-corrected chi connectivity index (χ0v) is 18.3. The van der Waals surface area contributed by atoms with E-state index in [2.05, 4.69) is 48.8 Å². The SMILES string of the molecule is CCCCc1c(C)c(C#N)c2nc(-c3ccccn3)nn2c1N1CC[C@H](N(C)C)C1. The fourth-order valence-corrected chi connectivity index (χ4v) is 4.31. The normalized spacial score (nSPS) is 16.5. The molecule has 1 aliphatic heterocycles. The van der Waals surface area contributed by atoms with Crippen molar-refractivity contribution >= 4 is 11.5 Å². The number of hydrogen-bond acceptors (Lipinski definition) is 6. The number of rotatable bonds is 6. The maximum atomic E-state index is 9.95. The van der Waals surface area contributed by atoms with Crippen molar-refractivity contribution in [3.8, 4) is 17.6 Å². The van der Waals surface area contributed by atoms with Crippen LogP contribution in [0.1, 0.15) is 42.9 Å². The zero-order valence-electron chi connectivity index (χ0n) is 18.3. The molecule has 0 spiro atoms. The Hall–Kier alpha value is -2.98. The number of fused-ring (bicyclic) bond motifs is 1. The molecule has 4 heterocycles. The summed E-state index contributed by atoms with van der Waals surface area (Å²) in [4.78, 5) is 13.9. The number of pyridine rings is 2. The van der Waals surface area contributed by atoms with E-state index in [4.69, 9.17) is 10.1 Å². The second kappa shape index (κ2) is 8.41. The van der Waals surface area contributed by atoms with Crippen LogP contribution in [0.3, 0.4) is 0 Å². The summed E-state index contributed by atoms with van der Waals surface area (Å²) in [6.07, 6.45) is 5.98. The molecule has 7 nitrogen and oxygen atoms in total. The largest absolute Gasteiger partial charge is 0.355 e. The van der Waals surface area contributed by atoms with E-state index in [1.54, 1.807) is 6.20 Å². The zero-order chi connectivity index (χ0) is 21.3. The van der Waals surface area contributed by atoms with Gasteiger partial charge in [0.1, 0.15) is 23.1 Å². The van der Waals surface area contributed by atoms with Crippen LogP contribution in [0, 0.1) is 18.3 Å². The van der Waals surface area contributed by atoms with Gasteiger partial charge in [-0.25, -0.2) is 4.98 Å². The molecule has 3 aromatic rings. The molecule has 7 heteroatoms. The summed E-state index contributed by atoms with van der Waals surface area (Å²) in [6.45, 7) is 6.18. The molecule has 1 atom stereocenters. The van der Waals surface area contributed by atoms with Crippen molar-refractivity contribution in [2.75, 3.05) is 32.1 Å². The fraction of sp³-hybridized carbons (Fsp3) is 0.478. The van der Waals surface area contributed by atoms with E-state index in [-0.39, 0.29) is 0 Å². The molecule has 0 aromatic carbocycles. The van der Waals surface area contributed by atoms with Crippen LogP contribution in [0.5, 0.6) is 0 Å². The van der Waals surface area contributed by atoms with Gasteiger partial charge in [0.15, 0.2) is 5.65 Å². The van der Waals surface area contributed by atoms with Gasteiger partial charge in [-0.2, -0.15) is 9.78 Å². The average Bonchev–Trinajstić information content (AvgIpc) is 3.40. The fourth-order valence-electron chi connectivity index (χ4n) is 4.31. The molecule has 0 N–H and O–H groups in total. The quantitative estimate of drug-likeness (QED) is 0.628. The van der Waals surface area contributed by atoms with Crippen molar-refractivity contribution in [3.05, 3.63) is 41.1 Å². The minimum absolute atomic E-state index is 0.508. The molecule has 1 aliphatic rings. The second-order valence-electron chi connectivity index (χ2n) is 8.26. The Morgan fingerprint density at radius 1 is 1.30 bits per heavy atom. The highest BCUT2D eigenvalue weighted by atomic mass is 15.4. The number of unbranched alkanes of at least 4 members (excludes halogenated alkanes) is 1. The van der Waals surface area contributed by atoms with Crippen molar-refractivity contribution in [1.29, 1.82) is 5.26 Å². The van der Waals surface area contributed by atoms with Crippen LogP contribution in [-0.4, -0.2) is 57.7 Å². The van der Waals surface area contributed by atoms with Gasteiger partial charge in [-0.3, -0.25) is 4.98 Å². The molecule has 0 saturated carbocycles. The van der Waals surface area contributed by atoms with Crippen molar-refractivity contribution in [2.45, 2.75) is 45.6 Å². The summed E-state index contributed by atoms with van der Waals surface area (Å²) in [6, 6.07) is 8.62. The van der Waals surface area contributed by atoms with Gasteiger partial charge < -0.3 is 9.80 Å². The van der Waals surface area contributed by atoms with Gasteiger partial charge in [-0.05, 0) is 63.5 Å². The smallest absolute Gasteiger partial charge is 0.200 e. The first-order valence-corrected chi connectivity index (χ1v) is 10.7. The monoisotopic (exact) mass is 403 g/mol. The minimum Gasteiger partial charge on any atom is -0.355 e. The third-order valence-corrected chi connectivity index (χ3v) is 6.11. The summed E-state index contributed by atoms with van der Waals surface area (Å²) in [5.41, 5.74) is 4.21. The minimum atomic E-state index is 0.508. The summed E-state index contributed by atoms with van der Waals surface area (Å²) in [5, 5.41) is 14.8. The summed E-state index contributed by atoms with van der Waals surface area (Å²) >= 11 is 0. The lowest BCUT2D eigenvalue weighted by Crippen LogP contribution is -2.32. The van der Waals surface area contributed by atoms with Gasteiger partial charge in [-0.1, -0.05) is 19.4 Å². The highest BCUT2D eigenvalue weighted by molar-refractivity contribution is 5.71. The molecule has 156 valence electrons. The van der Waals surface area contributed by atoms with Crippen LogP contribution >= 0.6 is 0 Å². The van der Waals surface area contributed by atoms with Crippen LogP contribution in [0.2, 0.25) is 0 Å². The molecule has 3 aromatic heterocycles. The van der Waals surface area contributed by atoms with Gasteiger partial charge in [0.05, 0.1) is 0 Å². The van der Waals surface area contributed by atoms with Gasteiger partial charge in [0.2, 0.25) is 5.82 Å². The molecule has 0 aliphatic carbocycles. The van der Waals surface area contributed by atoms with E-state index in [0.29, 0.717) is 23.1 Å². The topological polar surface area (TPSA) is 73.3 Å². The highest BCUT2D eigenvalue weighted by Gasteiger charge is 2.30. The first-order valence-electron chi connectivity index (χ1n) is 10.7. The van der Waals surface area contributed by atoms with Crippen molar-refractivity contribution in [3.63, 3.8) is 0 Å². The average molecular weight is 404 g/mol. The molecule has 0 radical (unpaired) electrons. The molecule has 4 rings (SSSR count). The third-order valence-electron chi connectivity index (χ3n) is 6.11. The molecule has 0 unspecified atom stereocenters. The summed E-state index contributed by atoms with van der Waals surface area (Å²) < 4.78 is 1.90. The van der Waals surface area contributed by atoms with Crippen molar-refractivity contribution < 1.29 is 0 Å². The third kappa shape index (κ3) is 3.52. The number of likely N-dealkylation sites (N-methyl/N-ethyl adjacent to an activating group) is 1. The Kier molecular flexibility index (Phi) is 5.69. The standard InChI is InChI=1S/C23H29N7/c1-5-6-9-18-16(2)19(14-24)22-26-21(20-10-7-8-12-25-20)27-30(22)23(18)29-13-11-17(15-29)28(3)4/h7-8,10,12,17H,5-6,9,11,13,15H2,1-4H3/t17-/m0/s1. The summed E-state index contributed by atoms with van der Waals surface area (Å²) in [7, 11) is 4.28. The second-order valence-corrected chi connectivity index (χ2v) is 8.26. The predicted octanol–water partition coefficient (Wildman–Crippen LogP) is 3.45. The Bertz CT molecular complexity index is 1080. The van der Waals surface area contributed by atoms with Crippen molar-refractivity contribution in [1.82, 2.24) is 24.5 Å². The molecular weight excluding hydrogens is 374 g/mol. The van der Waals surface area contributed by atoms with Gasteiger partial charge >= 0.3 is 0 Å². The Morgan fingerprint density at radius 2 is 2.13 bits per heavy atom. The maximum absolute atomic E-state index is 9.95. The number of nitriles is 1. The number of aromatic nitrogens is 4. The Morgan fingerprint density at radius 3 is 2.77 bits per heavy atom. The van der Waals surface area contributed by atoms with Gasteiger partial charge in [0, 0.05) is 25.3 Å². The van der Waals surface area contributed by atoms with E-state index < -0.39 is 0 Å². The Balaban J connectivity index is 1.94. The summed E-state index contributed by atoms with van der Waals surface area (Å²) in [5.74, 6) is 1.65. The Labute approximate surface area is 178 Å². The van der Waals surface area contributed by atoms with Gasteiger partial charge in [0.25, 0.3) is 0 Å². The predicted molar refractivity (Wildman–Crippen MR) is 119 cm³/mol. The van der Waals surface area contributed by atoms with Crippen LogP contribution < -0.4 is 4.90 Å². The molecule has 30 heavy (non-hydrogen) atoms. The van der Waals surface area contributed by atoms with E-state index in [0.717, 1.165) is 55.8 Å². The van der Waals surface area contributed by atoms with E-state index in [9.17, 15) is 5.26 Å². The van der Waals surface area contributed by atoms with Gasteiger partial charge in [-0.15, -0.1) is 5.10 Å². The number of anilines is 1. The lowest BCUT2D eigenvalue weighted by atomic mass is 9.99. The molecular formula is C23H29N7. The molecule has 1 fully saturated rings. The van der Waals surface area contributed by atoms with Crippen LogP contribution in [-0.2, 0) is 6.42 Å². The van der Waals surface area contributed by atoms with Crippen LogP contribution in [0.15, 0.2) is 24.4 Å². The highest BCUT2D eigenvalue weighted by Crippen LogP contribution is 2.33. The number of nitrogens with zero attached hydrogens (tertiary/aromatic N) is 7.